The first-order valence-corrected chi connectivity index (χ1v) is 13.2. The van der Waals surface area contributed by atoms with Crippen LogP contribution in [0.2, 0.25) is 10.0 Å². The molecule has 1 saturated heterocycles. The zero-order chi connectivity index (χ0) is 21.9. The van der Waals surface area contributed by atoms with Crippen LogP contribution >= 0.6 is 34.5 Å². The van der Waals surface area contributed by atoms with E-state index >= 15 is 0 Å². The molecule has 1 aliphatic heterocycles. The lowest BCUT2D eigenvalue weighted by Gasteiger charge is -2.36. The Morgan fingerprint density at radius 2 is 1.84 bits per heavy atom. The minimum atomic E-state index is 0.628. The molecule has 0 radical (unpaired) electrons. The molecular formula is C24H29Cl2N5S. The molecule has 0 unspecified atom stereocenters. The van der Waals surface area contributed by atoms with Crippen LogP contribution in [0.15, 0.2) is 24.5 Å². The monoisotopic (exact) mass is 489 g/mol. The fourth-order valence-electron chi connectivity index (χ4n) is 4.84. The normalized spacial score (nSPS) is 17.0. The van der Waals surface area contributed by atoms with Crippen molar-refractivity contribution < 1.29 is 0 Å². The number of anilines is 2. The van der Waals surface area contributed by atoms with E-state index in [1.54, 1.807) is 6.33 Å². The quantitative estimate of drug-likeness (QED) is 0.419. The molecule has 0 bridgehead atoms. The van der Waals surface area contributed by atoms with Crippen molar-refractivity contribution >= 4 is 56.3 Å². The number of piperazine rings is 1. The van der Waals surface area contributed by atoms with Gasteiger partial charge in [-0.3, -0.25) is 4.90 Å². The standard InChI is InChI=1S/C24H29Cl2N5S/c25-18-7-5-8-19(22(18)26)31-14-12-30(13-15-31)11-4-3-10-27-23-21-17-6-1-2-9-20(17)32-24(21)29-16-28-23/h5,7-8,16H,1-4,6,9-15H2,(H,27,28,29). The molecule has 0 amide bonds. The van der Waals surface area contributed by atoms with Crippen molar-refractivity contribution in [3.63, 3.8) is 0 Å². The summed E-state index contributed by atoms with van der Waals surface area (Å²) >= 11 is 14.4. The predicted molar refractivity (Wildman–Crippen MR) is 137 cm³/mol. The average Bonchev–Trinajstić information content (AvgIpc) is 3.21. The van der Waals surface area contributed by atoms with E-state index in [0.717, 1.165) is 62.0 Å². The molecule has 5 rings (SSSR count). The maximum Gasteiger partial charge on any atom is 0.138 e. The molecule has 3 aromatic rings. The number of unbranched alkanes of at least 4 members (excludes halogenated alkanes) is 1. The van der Waals surface area contributed by atoms with Crippen LogP contribution < -0.4 is 10.2 Å². The molecule has 0 spiro atoms. The summed E-state index contributed by atoms with van der Waals surface area (Å²) in [5.41, 5.74) is 2.55. The summed E-state index contributed by atoms with van der Waals surface area (Å²) in [6.45, 7) is 6.18. The second kappa shape index (κ2) is 10.1. The molecule has 1 aromatic carbocycles. The number of hydrogen-bond acceptors (Lipinski definition) is 6. The number of rotatable bonds is 7. The lowest BCUT2D eigenvalue weighted by Crippen LogP contribution is -2.46. The molecule has 5 nitrogen and oxygen atoms in total. The highest BCUT2D eigenvalue weighted by molar-refractivity contribution is 7.19. The molecule has 2 aromatic heterocycles. The fraction of sp³-hybridized carbons (Fsp3) is 0.500. The highest BCUT2D eigenvalue weighted by Crippen LogP contribution is 2.38. The summed E-state index contributed by atoms with van der Waals surface area (Å²) in [5.74, 6) is 1.03. The molecule has 1 fully saturated rings. The van der Waals surface area contributed by atoms with E-state index in [9.17, 15) is 0 Å². The van der Waals surface area contributed by atoms with Gasteiger partial charge >= 0.3 is 0 Å². The van der Waals surface area contributed by atoms with Crippen LogP contribution in [0.3, 0.4) is 0 Å². The molecule has 1 N–H and O–H groups in total. The third-order valence-electron chi connectivity index (χ3n) is 6.59. The summed E-state index contributed by atoms with van der Waals surface area (Å²) in [7, 11) is 0. The fourth-order valence-corrected chi connectivity index (χ4v) is 6.48. The molecular weight excluding hydrogens is 461 g/mol. The third kappa shape index (κ3) is 4.69. The Hall–Kier alpha value is -1.60. The van der Waals surface area contributed by atoms with Gasteiger partial charge in [0.1, 0.15) is 17.0 Å². The van der Waals surface area contributed by atoms with Crippen LogP contribution in [0.4, 0.5) is 11.5 Å². The predicted octanol–water partition coefficient (Wildman–Crippen LogP) is 5.89. The minimum absolute atomic E-state index is 0.628. The van der Waals surface area contributed by atoms with Gasteiger partial charge in [0.15, 0.2) is 0 Å². The zero-order valence-corrected chi connectivity index (χ0v) is 20.6. The van der Waals surface area contributed by atoms with E-state index < -0.39 is 0 Å². The van der Waals surface area contributed by atoms with Gasteiger partial charge in [0.05, 0.1) is 21.1 Å². The van der Waals surface area contributed by atoms with Gasteiger partial charge < -0.3 is 10.2 Å². The van der Waals surface area contributed by atoms with Gasteiger partial charge in [-0.2, -0.15) is 0 Å². The first-order valence-electron chi connectivity index (χ1n) is 11.6. The van der Waals surface area contributed by atoms with E-state index in [1.807, 2.05) is 23.5 Å². The molecule has 32 heavy (non-hydrogen) atoms. The Kier molecular flexibility index (Phi) is 7.02. The summed E-state index contributed by atoms with van der Waals surface area (Å²) < 4.78 is 0. The van der Waals surface area contributed by atoms with E-state index in [2.05, 4.69) is 31.2 Å². The molecule has 2 aliphatic rings. The number of aromatic nitrogens is 2. The highest BCUT2D eigenvalue weighted by Gasteiger charge is 2.21. The van der Waals surface area contributed by atoms with Crippen LogP contribution in [0.5, 0.6) is 0 Å². The van der Waals surface area contributed by atoms with E-state index in [4.69, 9.17) is 23.2 Å². The Morgan fingerprint density at radius 3 is 2.72 bits per heavy atom. The number of nitrogens with zero attached hydrogens (tertiary/aromatic N) is 4. The number of fused-ring (bicyclic) bond motifs is 3. The van der Waals surface area contributed by atoms with Gasteiger partial charge in [0, 0.05) is 37.6 Å². The van der Waals surface area contributed by atoms with Gasteiger partial charge in [-0.1, -0.05) is 29.3 Å². The lowest BCUT2D eigenvalue weighted by molar-refractivity contribution is 0.254. The molecule has 170 valence electrons. The van der Waals surface area contributed by atoms with Gasteiger partial charge in [-0.25, -0.2) is 9.97 Å². The van der Waals surface area contributed by atoms with Gasteiger partial charge in [-0.15, -0.1) is 11.3 Å². The van der Waals surface area contributed by atoms with E-state index in [1.165, 1.54) is 47.9 Å². The Morgan fingerprint density at radius 1 is 1.00 bits per heavy atom. The zero-order valence-electron chi connectivity index (χ0n) is 18.2. The van der Waals surface area contributed by atoms with Crippen LogP contribution in [-0.4, -0.2) is 54.1 Å². The molecule has 0 saturated carbocycles. The van der Waals surface area contributed by atoms with Gasteiger partial charge in [-0.05, 0) is 62.8 Å². The summed E-state index contributed by atoms with van der Waals surface area (Å²) in [6.07, 6.45) is 8.98. The van der Waals surface area contributed by atoms with Crippen molar-refractivity contribution in [1.82, 2.24) is 14.9 Å². The number of benzene rings is 1. The van der Waals surface area contributed by atoms with Crippen LogP contribution in [0.1, 0.15) is 36.1 Å². The first-order chi connectivity index (χ1) is 15.7. The van der Waals surface area contributed by atoms with E-state index in [-0.39, 0.29) is 0 Å². The van der Waals surface area contributed by atoms with Gasteiger partial charge in [0.2, 0.25) is 0 Å². The molecule has 3 heterocycles. The van der Waals surface area contributed by atoms with Crippen molar-refractivity contribution in [3.05, 3.63) is 45.0 Å². The first kappa shape index (κ1) is 22.2. The summed E-state index contributed by atoms with van der Waals surface area (Å²) in [4.78, 5) is 16.7. The van der Waals surface area contributed by atoms with Crippen molar-refractivity contribution in [2.45, 2.75) is 38.5 Å². The van der Waals surface area contributed by atoms with Crippen molar-refractivity contribution in [2.24, 2.45) is 0 Å². The number of nitrogens with one attached hydrogen (secondary N) is 1. The van der Waals surface area contributed by atoms with E-state index in [0.29, 0.717) is 10.0 Å². The average molecular weight is 491 g/mol. The largest absolute Gasteiger partial charge is 0.369 e. The smallest absolute Gasteiger partial charge is 0.138 e. The Balaban J connectivity index is 1.08. The number of hydrogen-bond donors (Lipinski definition) is 1. The maximum atomic E-state index is 6.40. The van der Waals surface area contributed by atoms with Crippen LogP contribution in [0, 0.1) is 0 Å². The van der Waals surface area contributed by atoms with Crippen molar-refractivity contribution in [3.8, 4) is 0 Å². The summed E-state index contributed by atoms with van der Waals surface area (Å²) in [6, 6.07) is 5.88. The number of halogens is 2. The minimum Gasteiger partial charge on any atom is -0.369 e. The van der Waals surface area contributed by atoms with Crippen molar-refractivity contribution in [2.75, 3.05) is 49.5 Å². The Labute approximate surface area is 203 Å². The molecule has 1 aliphatic carbocycles. The maximum absolute atomic E-state index is 6.40. The number of aryl methyl sites for hydroxylation is 2. The molecule has 0 atom stereocenters. The third-order valence-corrected chi connectivity index (χ3v) is 8.60. The number of thiophene rings is 1. The second-order valence-electron chi connectivity index (χ2n) is 8.65. The topological polar surface area (TPSA) is 44.3 Å². The lowest BCUT2D eigenvalue weighted by atomic mass is 9.97. The Bertz CT molecular complexity index is 1080. The summed E-state index contributed by atoms with van der Waals surface area (Å²) in [5, 5.41) is 6.18. The van der Waals surface area contributed by atoms with Crippen LogP contribution in [-0.2, 0) is 12.8 Å². The molecule has 8 heteroatoms. The SMILES string of the molecule is Clc1cccc(N2CCN(CCCCNc3ncnc4sc5c(c34)CCCC5)CC2)c1Cl. The van der Waals surface area contributed by atoms with Crippen LogP contribution in [0.25, 0.3) is 10.2 Å². The van der Waals surface area contributed by atoms with Gasteiger partial charge in [0.25, 0.3) is 0 Å². The highest BCUT2D eigenvalue weighted by atomic mass is 35.5. The van der Waals surface area contributed by atoms with Crippen molar-refractivity contribution in [1.29, 1.82) is 0 Å². The second-order valence-corrected chi connectivity index (χ2v) is 10.5.